The monoisotopic (exact) mass is 326 g/mol. The number of aryl methyl sites for hydroxylation is 3. The van der Waals surface area contributed by atoms with Gasteiger partial charge in [-0.1, -0.05) is 44.5 Å². The van der Waals surface area contributed by atoms with E-state index < -0.39 is 0 Å². The maximum atomic E-state index is 6.77. The molecule has 0 aliphatic carbocycles. The van der Waals surface area contributed by atoms with E-state index >= 15 is 0 Å². The van der Waals surface area contributed by atoms with E-state index in [4.69, 9.17) is 23.2 Å². The first-order valence-corrected chi connectivity index (χ1v) is 8.83. The van der Waals surface area contributed by atoms with Crippen LogP contribution in [0.15, 0.2) is 23.6 Å². The van der Waals surface area contributed by atoms with Crippen molar-refractivity contribution in [3.8, 4) is 0 Å². The summed E-state index contributed by atoms with van der Waals surface area (Å²) in [5.41, 5.74) is 5.36. The van der Waals surface area contributed by atoms with Crippen molar-refractivity contribution in [2.75, 3.05) is 0 Å². The van der Waals surface area contributed by atoms with Gasteiger partial charge in [0.15, 0.2) is 0 Å². The molecule has 0 amide bonds. The first kappa shape index (κ1) is 15.9. The van der Waals surface area contributed by atoms with Crippen LogP contribution in [0.4, 0.5) is 0 Å². The second-order valence-electron chi connectivity index (χ2n) is 4.88. The number of halogens is 2. The molecule has 2 rings (SSSR count). The zero-order valence-electron chi connectivity index (χ0n) is 12.2. The van der Waals surface area contributed by atoms with Crippen molar-refractivity contribution in [1.82, 2.24) is 0 Å². The van der Waals surface area contributed by atoms with Gasteiger partial charge in [0.1, 0.15) is 0 Å². The summed E-state index contributed by atoms with van der Waals surface area (Å²) < 4.78 is 0. The average molecular weight is 327 g/mol. The van der Waals surface area contributed by atoms with E-state index in [1.165, 1.54) is 22.3 Å². The minimum Gasteiger partial charge on any atom is -0.145 e. The van der Waals surface area contributed by atoms with E-state index in [-0.39, 0.29) is 5.38 Å². The average Bonchev–Trinajstić information content (AvgIpc) is 2.91. The molecule has 1 atom stereocenters. The third kappa shape index (κ3) is 3.05. The number of hydrogen-bond acceptors (Lipinski definition) is 1. The summed E-state index contributed by atoms with van der Waals surface area (Å²) in [5, 5.41) is 2.64. The van der Waals surface area contributed by atoms with E-state index in [9.17, 15) is 0 Å². The van der Waals surface area contributed by atoms with Crippen molar-refractivity contribution in [2.45, 2.75) is 45.4 Å². The molecule has 0 bridgehead atoms. The molecule has 2 aromatic rings. The van der Waals surface area contributed by atoms with Crippen molar-refractivity contribution in [3.63, 3.8) is 0 Å². The predicted molar refractivity (Wildman–Crippen MR) is 91.6 cm³/mol. The maximum absolute atomic E-state index is 6.77. The highest BCUT2D eigenvalue weighted by atomic mass is 35.5. The number of thiophene rings is 1. The van der Waals surface area contributed by atoms with Crippen LogP contribution in [0, 0.1) is 0 Å². The highest BCUT2D eigenvalue weighted by Gasteiger charge is 2.21. The summed E-state index contributed by atoms with van der Waals surface area (Å²) in [7, 11) is 0. The Morgan fingerprint density at radius 3 is 2.05 bits per heavy atom. The zero-order valence-corrected chi connectivity index (χ0v) is 14.5. The van der Waals surface area contributed by atoms with Crippen molar-refractivity contribution in [2.24, 2.45) is 0 Å². The molecule has 3 heteroatoms. The normalized spacial score (nSPS) is 12.7. The topological polar surface area (TPSA) is 0 Å². The van der Waals surface area contributed by atoms with Crippen molar-refractivity contribution >= 4 is 34.5 Å². The SMILES string of the molecule is CCc1cc(CC)c(C(Cl)c2sccc2Cl)c(CC)c1. The summed E-state index contributed by atoms with van der Waals surface area (Å²) in [4.78, 5) is 1.06. The number of alkyl halides is 1. The Labute approximate surface area is 135 Å². The Bertz CT molecular complexity index is 561. The Kier molecular flexibility index (Phi) is 5.54. The van der Waals surface area contributed by atoms with E-state index in [1.54, 1.807) is 11.3 Å². The Morgan fingerprint density at radius 2 is 1.65 bits per heavy atom. The van der Waals surface area contributed by atoms with E-state index in [1.807, 2.05) is 11.4 Å². The quantitative estimate of drug-likeness (QED) is 0.556. The van der Waals surface area contributed by atoms with Crippen molar-refractivity contribution in [3.05, 3.63) is 55.7 Å². The van der Waals surface area contributed by atoms with Crippen LogP contribution in [0.3, 0.4) is 0 Å². The molecular formula is C17H20Cl2S. The van der Waals surface area contributed by atoms with Crippen LogP contribution in [0.5, 0.6) is 0 Å². The van der Waals surface area contributed by atoms with Crippen LogP contribution < -0.4 is 0 Å². The zero-order chi connectivity index (χ0) is 14.7. The lowest BCUT2D eigenvalue weighted by molar-refractivity contribution is 0.972. The first-order valence-electron chi connectivity index (χ1n) is 7.13. The van der Waals surface area contributed by atoms with Gasteiger partial charge < -0.3 is 0 Å². The fourth-order valence-electron chi connectivity index (χ4n) is 2.58. The lowest BCUT2D eigenvalue weighted by Crippen LogP contribution is -2.04. The molecular weight excluding hydrogens is 307 g/mol. The Hall–Kier alpha value is -0.500. The molecule has 1 unspecified atom stereocenters. The molecule has 0 aliphatic heterocycles. The first-order chi connectivity index (χ1) is 9.62. The molecule has 20 heavy (non-hydrogen) atoms. The third-order valence-electron chi connectivity index (χ3n) is 3.71. The third-order valence-corrected chi connectivity index (χ3v) is 5.70. The second-order valence-corrected chi connectivity index (χ2v) is 6.68. The summed E-state index contributed by atoms with van der Waals surface area (Å²) in [6.07, 6.45) is 3.07. The molecule has 1 heterocycles. The molecule has 0 nitrogen and oxygen atoms in total. The lowest BCUT2D eigenvalue weighted by Gasteiger charge is -2.19. The summed E-state index contributed by atoms with van der Waals surface area (Å²) in [6, 6.07) is 6.52. The fourth-order valence-corrected chi connectivity index (χ4v) is 4.34. The van der Waals surface area contributed by atoms with Crippen molar-refractivity contribution < 1.29 is 0 Å². The van der Waals surface area contributed by atoms with Crippen LogP contribution >= 0.6 is 34.5 Å². The van der Waals surface area contributed by atoms with Gasteiger partial charge in [0.25, 0.3) is 0 Å². The van der Waals surface area contributed by atoms with Crippen LogP contribution in [0.2, 0.25) is 5.02 Å². The Balaban J connectivity index is 2.57. The van der Waals surface area contributed by atoms with E-state index in [2.05, 4.69) is 32.9 Å². The second kappa shape index (κ2) is 6.98. The van der Waals surface area contributed by atoms with Gasteiger partial charge in [-0.3, -0.25) is 0 Å². The van der Waals surface area contributed by atoms with Gasteiger partial charge in [-0.25, -0.2) is 0 Å². The molecule has 0 spiro atoms. The molecule has 0 radical (unpaired) electrons. The maximum Gasteiger partial charge on any atom is 0.0948 e. The van der Waals surface area contributed by atoms with Gasteiger partial charge in [0.05, 0.1) is 10.4 Å². The Morgan fingerprint density at radius 1 is 1.05 bits per heavy atom. The van der Waals surface area contributed by atoms with Gasteiger partial charge in [0, 0.05) is 4.88 Å². The highest BCUT2D eigenvalue weighted by Crippen LogP contribution is 2.40. The number of rotatable bonds is 5. The standard InChI is InChI=1S/C17H20Cl2S/c1-4-11-9-12(5-2)15(13(6-3)10-11)16(19)17-14(18)7-8-20-17/h7-10,16H,4-6H2,1-3H3. The summed E-state index contributed by atoms with van der Waals surface area (Å²) in [5.74, 6) is 0. The summed E-state index contributed by atoms with van der Waals surface area (Å²) >= 11 is 14.7. The molecule has 1 aromatic carbocycles. The summed E-state index contributed by atoms with van der Waals surface area (Å²) in [6.45, 7) is 6.58. The molecule has 0 fully saturated rings. The fraction of sp³-hybridized carbons (Fsp3) is 0.412. The molecule has 0 saturated carbocycles. The minimum atomic E-state index is -0.140. The smallest absolute Gasteiger partial charge is 0.0948 e. The number of benzene rings is 1. The van der Waals surface area contributed by atoms with Crippen LogP contribution in [-0.4, -0.2) is 0 Å². The molecule has 0 aliphatic rings. The minimum absolute atomic E-state index is 0.140. The highest BCUT2D eigenvalue weighted by molar-refractivity contribution is 7.11. The van der Waals surface area contributed by atoms with E-state index in [0.29, 0.717) is 0 Å². The van der Waals surface area contributed by atoms with Gasteiger partial charge in [-0.2, -0.15) is 0 Å². The van der Waals surface area contributed by atoms with Gasteiger partial charge >= 0.3 is 0 Å². The molecule has 1 aromatic heterocycles. The molecule has 108 valence electrons. The number of hydrogen-bond donors (Lipinski definition) is 0. The van der Waals surface area contributed by atoms with Crippen LogP contribution in [0.25, 0.3) is 0 Å². The molecule has 0 N–H and O–H groups in total. The van der Waals surface area contributed by atoms with Gasteiger partial charge in [0.2, 0.25) is 0 Å². The van der Waals surface area contributed by atoms with Crippen LogP contribution in [0.1, 0.15) is 53.3 Å². The van der Waals surface area contributed by atoms with Crippen molar-refractivity contribution in [1.29, 1.82) is 0 Å². The van der Waals surface area contributed by atoms with Gasteiger partial charge in [-0.15, -0.1) is 22.9 Å². The predicted octanol–water partition coefficient (Wildman–Crippen LogP) is 6.42. The molecule has 0 saturated heterocycles. The van der Waals surface area contributed by atoms with Crippen LogP contribution in [-0.2, 0) is 19.3 Å². The lowest BCUT2D eigenvalue weighted by atomic mass is 9.91. The van der Waals surface area contributed by atoms with E-state index in [0.717, 1.165) is 29.2 Å². The largest absolute Gasteiger partial charge is 0.145 e. The van der Waals surface area contributed by atoms with Gasteiger partial charge in [-0.05, 0) is 53.0 Å².